The van der Waals surface area contributed by atoms with Gasteiger partial charge in [-0.05, 0) is 18.2 Å². The van der Waals surface area contributed by atoms with Crippen LogP contribution in [-0.4, -0.2) is 54.3 Å². The molecule has 1 aromatic heterocycles. The van der Waals surface area contributed by atoms with Gasteiger partial charge in [-0.3, -0.25) is 14.9 Å². The van der Waals surface area contributed by atoms with Crippen LogP contribution in [0.25, 0.3) is 11.3 Å². The number of hydrogen-bond acceptors (Lipinski definition) is 8. The van der Waals surface area contributed by atoms with E-state index in [-0.39, 0.29) is 31.9 Å². The summed E-state index contributed by atoms with van der Waals surface area (Å²) in [6.45, 7) is 1.44. The minimum absolute atomic E-state index is 0.0223. The van der Waals surface area contributed by atoms with E-state index in [0.29, 0.717) is 42.7 Å². The number of benzene rings is 1. The third-order valence-corrected chi connectivity index (χ3v) is 4.49. The summed E-state index contributed by atoms with van der Waals surface area (Å²) in [5.41, 5.74) is 1.23. The number of rotatable bonds is 6. The Labute approximate surface area is 165 Å². The zero-order valence-electron chi connectivity index (χ0n) is 15.5. The third kappa shape index (κ3) is 4.48. The molecule has 0 unspecified atom stereocenters. The first-order chi connectivity index (χ1) is 14.1. The van der Waals surface area contributed by atoms with Gasteiger partial charge in [-0.1, -0.05) is 5.16 Å². The lowest BCUT2D eigenvalue weighted by molar-refractivity contribution is -0.145. The van der Waals surface area contributed by atoms with Crippen molar-refractivity contribution in [3.8, 4) is 22.8 Å². The summed E-state index contributed by atoms with van der Waals surface area (Å²) < 4.78 is 21.5. The molecule has 29 heavy (non-hydrogen) atoms. The van der Waals surface area contributed by atoms with Crippen LogP contribution in [0.1, 0.15) is 18.5 Å². The fourth-order valence-corrected chi connectivity index (χ4v) is 2.98. The lowest BCUT2D eigenvalue weighted by Gasteiger charge is -2.25. The summed E-state index contributed by atoms with van der Waals surface area (Å²) in [6.07, 6.45) is 0.247. The fraction of sp³-hybridized carbons (Fsp3) is 0.368. The van der Waals surface area contributed by atoms with Gasteiger partial charge >= 0.3 is 12.0 Å². The summed E-state index contributed by atoms with van der Waals surface area (Å²) in [4.78, 5) is 36.1. The van der Waals surface area contributed by atoms with E-state index in [9.17, 15) is 14.4 Å². The van der Waals surface area contributed by atoms with E-state index in [1.165, 1.54) is 4.90 Å². The molecule has 2 aliphatic heterocycles. The van der Waals surface area contributed by atoms with Crippen molar-refractivity contribution in [2.24, 2.45) is 0 Å². The Hall–Kier alpha value is -3.56. The van der Waals surface area contributed by atoms with Crippen LogP contribution in [0.2, 0.25) is 0 Å². The molecule has 0 spiro atoms. The second kappa shape index (κ2) is 8.21. The van der Waals surface area contributed by atoms with Crippen LogP contribution in [0.15, 0.2) is 28.8 Å². The van der Waals surface area contributed by atoms with Crippen molar-refractivity contribution in [2.75, 3.05) is 26.3 Å². The van der Waals surface area contributed by atoms with Gasteiger partial charge in [-0.2, -0.15) is 0 Å². The number of esters is 1. The van der Waals surface area contributed by atoms with E-state index < -0.39 is 12.0 Å². The topological polar surface area (TPSA) is 120 Å². The van der Waals surface area contributed by atoms with Gasteiger partial charge in [0, 0.05) is 31.1 Å². The van der Waals surface area contributed by atoms with E-state index in [0.717, 1.165) is 5.56 Å². The monoisotopic (exact) mass is 401 g/mol. The molecule has 2 aliphatic rings. The highest BCUT2D eigenvalue weighted by Crippen LogP contribution is 2.34. The minimum Gasteiger partial charge on any atom is -0.486 e. The molecule has 152 valence electrons. The van der Waals surface area contributed by atoms with Crippen molar-refractivity contribution in [2.45, 2.75) is 19.4 Å². The molecule has 4 rings (SSSR count). The maximum atomic E-state index is 11.9. The van der Waals surface area contributed by atoms with E-state index in [1.807, 2.05) is 6.07 Å². The molecule has 0 radical (unpaired) electrons. The van der Waals surface area contributed by atoms with Crippen LogP contribution in [0.4, 0.5) is 4.79 Å². The van der Waals surface area contributed by atoms with Gasteiger partial charge in [0.2, 0.25) is 5.91 Å². The first-order valence-corrected chi connectivity index (χ1v) is 9.18. The van der Waals surface area contributed by atoms with Gasteiger partial charge in [-0.15, -0.1) is 0 Å². The molecule has 1 aromatic carbocycles. The van der Waals surface area contributed by atoms with Crippen LogP contribution < -0.4 is 14.8 Å². The summed E-state index contributed by atoms with van der Waals surface area (Å²) in [7, 11) is 0. The van der Waals surface area contributed by atoms with Crippen molar-refractivity contribution >= 4 is 17.9 Å². The van der Waals surface area contributed by atoms with E-state index >= 15 is 0 Å². The molecule has 1 fully saturated rings. The zero-order valence-corrected chi connectivity index (χ0v) is 15.5. The Morgan fingerprint density at radius 3 is 2.83 bits per heavy atom. The van der Waals surface area contributed by atoms with Crippen molar-refractivity contribution in [1.82, 2.24) is 15.4 Å². The number of ether oxygens (including phenoxy) is 3. The van der Waals surface area contributed by atoms with Gasteiger partial charge in [0.15, 0.2) is 17.3 Å². The second-order valence-corrected chi connectivity index (χ2v) is 6.54. The number of aromatic nitrogens is 1. The highest BCUT2D eigenvalue weighted by molar-refractivity contribution is 5.96. The van der Waals surface area contributed by atoms with Gasteiger partial charge in [-0.25, -0.2) is 4.79 Å². The lowest BCUT2D eigenvalue weighted by atomic mass is 10.1. The molecular weight excluding hydrogens is 382 g/mol. The summed E-state index contributed by atoms with van der Waals surface area (Å²) in [5, 5.41) is 6.12. The standard InChI is InChI=1S/C19H19N3O7/c23-17-3-5-22(19(25)20-17)6-4-18(24)28-11-13-10-15(29-21-13)12-1-2-14-16(9-12)27-8-7-26-14/h1-2,9-10H,3-8,11H2,(H,20,23,25). The smallest absolute Gasteiger partial charge is 0.324 e. The largest absolute Gasteiger partial charge is 0.486 e. The Morgan fingerprint density at radius 2 is 2.00 bits per heavy atom. The molecule has 0 aliphatic carbocycles. The van der Waals surface area contributed by atoms with Gasteiger partial charge in [0.25, 0.3) is 0 Å². The highest BCUT2D eigenvalue weighted by atomic mass is 16.6. The summed E-state index contributed by atoms with van der Waals surface area (Å²) in [6, 6.07) is 6.63. The molecule has 0 bridgehead atoms. The number of hydrogen-bond donors (Lipinski definition) is 1. The van der Waals surface area contributed by atoms with E-state index in [2.05, 4.69) is 10.5 Å². The quantitative estimate of drug-likeness (QED) is 0.723. The zero-order chi connectivity index (χ0) is 20.2. The van der Waals surface area contributed by atoms with E-state index in [4.69, 9.17) is 18.7 Å². The molecule has 3 amide bonds. The predicted molar refractivity (Wildman–Crippen MR) is 97.1 cm³/mol. The molecule has 1 N–H and O–H groups in total. The molecule has 0 atom stereocenters. The van der Waals surface area contributed by atoms with E-state index in [1.54, 1.807) is 18.2 Å². The number of fused-ring (bicyclic) bond motifs is 1. The van der Waals surface area contributed by atoms with Crippen molar-refractivity contribution < 1.29 is 33.1 Å². The predicted octanol–water partition coefficient (Wildman–Crippen LogP) is 1.49. The van der Waals surface area contributed by atoms with Gasteiger partial charge in [0.05, 0.1) is 6.42 Å². The number of nitrogens with zero attached hydrogens (tertiary/aromatic N) is 2. The Kier molecular flexibility index (Phi) is 5.32. The highest BCUT2D eigenvalue weighted by Gasteiger charge is 2.23. The number of carbonyl (C=O) groups is 3. The molecule has 10 nitrogen and oxygen atoms in total. The molecule has 1 saturated heterocycles. The average molecular weight is 401 g/mol. The number of urea groups is 1. The average Bonchev–Trinajstić information content (AvgIpc) is 3.20. The van der Waals surface area contributed by atoms with Crippen molar-refractivity contribution in [1.29, 1.82) is 0 Å². The van der Waals surface area contributed by atoms with Crippen molar-refractivity contribution in [3.05, 3.63) is 30.0 Å². The summed E-state index contributed by atoms with van der Waals surface area (Å²) >= 11 is 0. The Balaban J connectivity index is 1.28. The number of carbonyl (C=O) groups excluding carboxylic acids is 3. The van der Waals surface area contributed by atoms with Gasteiger partial charge in [0.1, 0.15) is 25.5 Å². The number of nitrogens with one attached hydrogen (secondary N) is 1. The first kappa shape index (κ1) is 18.8. The van der Waals surface area contributed by atoms with Crippen LogP contribution in [0.3, 0.4) is 0 Å². The summed E-state index contributed by atoms with van der Waals surface area (Å²) in [5.74, 6) is 1.05. The van der Waals surface area contributed by atoms with Crippen molar-refractivity contribution in [3.63, 3.8) is 0 Å². The molecule has 2 aromatic rings. The third-order valence-electron chi connectivity index (χ3n) is 4.49. The minimum atomic E-state index is -0.491. The fourth-order valence-electron chi connectivity index (χ4n) is 2.98. The van der Waals surface area contributed by atoms with Gasteiger partial charge < -0.3 is 23.6 Å². The number of amides is 3. The number of imide groups is 1. The molecule has 10 heteroatoms. The first-order valence-electron chi connectivity index (χ1n) is 9.18. The maximum absolute atomic E-state index is 11.9. The Morgan fingerprint density at radius 1 is 1.17 bits per heavy atom. The van der Waals surface area contributed by atoms with Crippen LogP contribution in [-0.2, 0) is 20.9 Å². The van der Waals surface area contributed by atoms with Crippen LogP contribution in [0.5, 0.6) is 11.5 Å². The Bertz CT molecular complexity index is 940. The molecule has 0 saturated carbocycles. The SMILES string of the molecule is O=C1CCN(CCC(=O)OCc2cc(-c3ccc4c(c3)OCCO4)on2)C(=O)N1. The molecular formula is C19H19N3O7. The lowest BCUT2D eigenvalue weighted by Crippen LogP contribution is -2.49. The molecule has 3 heterocycles. The maximum Gasteiger partial charge on any atom is 0.324 e. The van der Waals surface area contributed by atoms with Crippen LogP contribution in [0, 0.1) is 0 Å². The second-order valence-electron chi connectivity index (χ2n) is 6.54. The van der Waals surface area contributed by atoms with Crippen LogP contribution >= 0.6 is 0 Å². The normalized spacial score (nSPS) is 15.8.